The average Bonchev–Trinajstić information content (AvgIpc) is 2.95. The summed E-state index contributed by atoms with van der Waals surface area (Å²) in [5.41, 5.74) is 4.35. The van der Waals surface area contributed by atoms with Crippen LogP contribution in [0.5, 0.6) is 5.75 Å². The second-order valence-corrected chi connectivity index (χ2v) is 7.05. The highest BCUT2D eigenvalue weighted by Gasteiger charge is 2.33. The number of quaternary nitrogens is 1. The summed E-state index contributed by atoms with van der Waals surface area (Å²) < 4.78 is 5.56. The van der Waals surface area contributed by atoms with Crippen LogP contribution in [-0.4, -0.2) is 36.4 Å². The molecule has 1 atom stereocenters. The zero-order valence-electron chi connectivity index (χ0n) is 14.2. The Morgan fingerprint density at radius 1 is 1.16 bits per heavy atom. The Hall–Kier alpha value is -2.01. The molecular formula is C20H22ClN2O2+. The summed E-state index contributed by atoms with van der Waals surface area (Å²) in [6.45, 7) is 5.36. The number of aromatic amines is 1. The van der Waals surface area contributed by atoms with Crippen molar-refractivity contribution in [2.75, 3.05) is 26.3 Å². The summed E-state index contributed by atoms with van der Waals surface area (Å²) >= 11 is 6.27. The maximum absolute atomic E-state index is 10.6. The number of aromatic hydroxyl groups is 1. The lowest BCUT2D eigenvalue weighted by Gasteiger charge is -2.32. The van der Waals surface area contributed by atoms with Gasteiger partial charge in [-0.3, -0.25) is 0 Å². The summed E-state index contributed by atoms with van der Waals surface area (Å²) in [7, 11) is 0. The maximum Gasteiger partial charge on any atom is 0.145 e. The third-order valence-corrected chi connectivity index (χ3v) is 5.31. The number of fused-ring (bicyclic) bond motifs is 1. The molecule has 130 valence electrons. The van der Waals surface area contributed by atoms with E-state index in [1.165, 1.54) is 15.8 Å². The standard InChI is InChI=1S/C20H21ClN2O2/c1-13-19(15-4-2-3-5-17(15)22-13)20(23-8-10-25-11-9-23)16-12-14(21)6-7-18(16)24/h2-7,12,20,22,24H,8-11H2,1H3/p+1/t20-/m0/s1. The number of nitrogens with one attached hydrogen (secondary N) is 2. The zero-order valence-corrected chi connectivity index (χ0v) is 14.9. The Morgan fingerprint density at radius 3 is 2.72 bits per heavy atom. The van der Waals surface area contributed by atoms with E-state index >= 15 is 0 Å². The Labute approximate surface area is 152 Å². The van der Waals surface area contributed by atoms with Crippen molar-refractivity contribution in [3.8, 4) is 5.75 Å². The molecule has 0 radical (unpaired) electrons. The van der Waals surface area contributed by atoms with Gasteiger partial charge in [-0.2, -0.15) is 0 Å². The van der Waals surface area contributed by atoms with E-state index in [-0.39, 0.29) is 11.8 Å². The first kappa shape index (κ1) is 16.5. The number of benzene rings is 2. The molecule has 0 bridgehead atoms. The Kier molecular flexibility index (Phi) is 4.42. The molecule has 2 aromatic carbocycles. The average molecular weight is 358 g/mol. The third kappa shape index (κ3) is 3.01. The fraction of sp³-hybridized carbons (Fsp3) is 0.300. The molecule has 3 N–H and O–H groups in total. The molecule has 4 nitrogen and oxygen atoms in total. The minimum Gasteiger partial charge on any atom is -0.507 e. The first-order valence-electron chi connectivity index (χ1n) is 8.63. The van der Waals surface area contributed by atoms with Gasteiger partial charge in [-0.15, -0.1) is 0 Å². The zero-order chi connectivity index (χ0) is 17.4. The normalized spacial score (nSPS) is 17.0. The second-order valence-electron chi connectivity index (χ2n) is 6.62. The van der Waals surface area contributed by atoms with Crippen LogP contribution in [0.15, 0.2) is 42.5 Å². The molecule has 3 aromatic rings. The molecule has 0 saturated carbocycles. The molecule has 1 aliphatic heterocycles. The fourth-order valence-electron chi connectivity index (χ4n) is 3.93. The van der Waals surface area contributed by atoms with Gasteiger partial charge in [-0.1, -0.05) is 29.8 Å². The first-order valence-corrected chi connectivity index (χ1v) is 9.01. The van der Waals surface area contributed by atoms with Gasteiger partial charge in [-0.05, 0) is 31.2 Å². The minimum atomic E-state index is 0.0127. The fourth-order valence-corrected chi connectivity index (χ4v) is 4.11. The largest absolute Gasteiger partial charge is 0.507 e. The molecule has 1 aliphatic rings. The maximum atomic E-state index is 10.6. The second kappa shape index (κ2) is 6.71. The van der Waals surface area contributed by atoms with Gasteiger partial charge in [0.05, 0.1) is 18.8 Å². The highest BCUT2D eigenvalue weighted by molar-refractivity contribution is 6.30. The van der Waals surface area contributed by atoms with Crippen LogP contribution in [-0.2, 0) is 4.74 Å². The number of aryl methyl sites for hydroxylation is 1. The van der Waals surface area contributed by atoms with E-state index in [1.54, 1.807) is 12.1 Å². The van der Waals surface area contributed by atoms with Gasteiger partial charge in [0.2, 0.25) is 0 Å². The van der Waals surface area contributed by atoms with E-state index in [0.717, 1.165) is 43.1 Å². The predicted octanol–water partition coefficient (Wildman–Crippen LogP) is 2.84. The molecule has 0 aliphatic carbocycles. The topological polar surface area (TPSA) is 49.7 Å². The van der Waals surface area contributed by atoms with Gasteiger partial charge in [-0.25, -0.2) is 0 Å². The molecular weight excluding hydrogens is 336 g/mol. The molecule has 0 unspecified atom stereocenters. The number of phenolic OH excluding ortho intramolecular Hbond substituents is 1. The van der Waals surface area contributed by atoms with Crippen molar-refractivity contribution in [3.05, 3.63) is 64.3 Å². The molecule has 0 spiro atoms. The molecule has 1 aromatic heterocycles. The van der Waals surface area contributed by atoms with Crippen LogP contribution in [0.25, 0.3) is 10.9 Å². The smallest absolute Gasteiger partial charge is 0.145 e. The molecule has 4 rings (SSSR count). The van der Waals surface area contributed by atoms with Gasteiger partial charge < -0.3 is 19.7 Å². The number of ether oxygens (including phenoxy) is 1. The van der Waals surface area contributed by atoms with E-state index < -0.39 is 0 Å². The lowest BCUT2D eigenvalue weighted by atomic mass is 9.93. The molecule has 1 saturated heterocycles. The van der Waals surface area contributed by atoms with Crippen molar-refractivity contribution in [2.45, 2.75) is 13.0 Å². The number of rotatable bonds is 3. The van der Waals surface area contributed by atoms with Crippen molar-refractivity contribution in [1.29, 1.82) is 0 Å². The first-order chi connectivity index (χ1) is 12.1. The number of aromatic nitrogens is 1. The summed E-state index contributed by atoms with van der Waals surface area (Å²) in [6, 6.07) is 13.7. The summed E-state index contributed by atoms with van der Waals surface area (Å²) in [5, 5.41) is 12.4. The molecule has 0 amide bonds. The Balaban J connectivity index is 1.93. The van der Waals surface area contributed by atoms with Crippen molar-refractivity contribution in [2.24, 2.45) is 0 Å². The highest BCUT2D eigenvalue weighted by Crippen LogP contribution is 2.35. The van der Waals surface area contributed by atoms with Crippen molar-refractivity contribution >= 4 is 22.5 Å². The van der Waals surface area contributed by atoms with Gasteiger partial charge >= 0.3 is 0 Å². The number of hydrogen-bond donors (Lipinski definition) is 3. The lowest BCUT2D eigenvalue weighted by molar-refractivity contribution is -0.933. The van der Waals surface area contributed by atoms with Crippen LogP contribution in [0, 0.1) is 6.92 Å². The third-order valence-electron chi connectivity index (χ3n) is 5.08. The monoisotopic (exact) mass is 357 g/mol. The van der Waals surface area contributed by atoms with Gasteiger partial charge in [0.25, 0.3) is 0 Å². The molecule has 25 heavy (non-hydrogen) atoms. The molecule has 2 heterocycles. The van der Waals surface area contributed by atoms with E-state index in [0.29, 0.717) is 5.02 Å². The number of hydrogen-bond acceptors (Lipinski definition) is 2. The number of halogens is 1. The molecule has 1 fully saturated rings. The number of morpholine rings is 1. The van der Waals surface area contributed by atoms with Gasteiger partial charge in [0.1, 0.15) is 24.9 Å². The summed E-state index contributed by atoms with van der Waals surface area (Å²) in [5.74, 6) is 0.290. The Morgan fingerprint density at radius 2 is 1.92 bits per heavy atom. The van der Waals surface area contributed by atoms with Crippen LogP contribution >= 0.6 is 11.6 Å². The summed E-state index contributed by atoms with van der Waals surface area (Å²) in [6.07, 6.45) is 0. The van der Waals surface area contributed by atoms with Crippen LogP contribution < -0.4 is 4.90 Å². The minimum absolute atomic E-state index is 0.0127. The Bertz CT molecular complexity index is 900. The number of phenols is 1. The van der Waals surface area contributed by atoms with Gasteiger partial charge in [0.15, 0.2) is 0 Å². The van der Waals surface area contributed by atoms with E-state index in [4.69, 9.17) is 16.3 Å². The number of para-hydroxylation sites is 1. The van der Waals surface area contributed by atoms with Gasteiger partial charge in [0, 0.05) is 27.2 Å². The summed E-state index contributed by atoms with van der Waals surface area (Å²) in [4.78, 5) is 4.88. The van der Waals surface area contributed by atoms with E-state index in [9.17, 15) is 5.11 Å². The molecule has 5 heteroatoms. The quantitative estimate of drug-likeness (QED) is 0.675. The van der Waals surface area contributed by atoms with Crippen LogP contribution in [0.3, 0.4) is 0 Å². The van der Waals surface area contributed by atoms with Crippen LogP contribution in [0.1, 0.15) is 22.9 Å². The highest BCUT2D eigenvalue weighted by atomic mass is 35.5. The van der Waals surface area contributed by atoms with E-state index in [2.05, 4.69) is 30.1 Å². The predicted molar refractivity (Wildman–Crippen MR) is 99.5 cm³/mol. The number of H-pyrrole nitrogens is 1. The SMILES string of the molecule is Cc1[nH]c2ccccc2c1[C@H](c1cc(Cl)ccc1O)[NH+]1CCOCC1. The van der Waals surface area contributed by atoms with Crippen LogP contribution in [0.4, 0.5) is 0 Å². The van der Waals surface area contributed by atoms with Crippen LogP contribution in [0.2, 0.25) is 5.02 Å². The van der Waals surface area contributed by atoms with E-state index in [1.807, 2.05) is 12.1 Å². The lowest BCUT2D eigenvalue weighted by Crippen LogP contribution is -3.14. The van der Waals surface area contributed by atoms with Crippen molar-refractivity contribution in [3.63, 3.8) is 0 Å². The van der Waals surface area contributed by atoms with Crippen molar-refractivity contribution in [1.82, 2.24) is 4.98 Å². The van der Waals surface area contributed by atoms with Crippen molar-refractivity contribution < 1.29 is 14.7 Å².